The van der Waals surface area contributed by atoms with Crippen LogP contribution >= 0.6 is 27.5 Å². The van der Waals surface area contributed by atoms with E-state index in [1.54, 1.807) is 11.1 Å². The fraction of sp³-hybridized carbons (Fsp3) is 0.273. The predicted molar refractivity (Wildman–Crippen MR) is 65.4 cm³/mol. The second-order valence-corrected chi connectivity index (χ2v) is 4.67. The molecule has 0 amide bonds. The van der Waals surface area contributed by atoms with Crippen molar-refractivity contribution in [2.24, 2.45) is 0 Å². The van der Waals surface area contributed by atoms with E-state index in [9.17, 15) is 13.2 Å². The first-order valence-electron chi connectivity index (χ1n) is 4.81. The fourth-order valence-electron chi connectivity index (χ4n) is 1.75. The van der Waals surface area contributed by atoms with Crippen LogP contribution in [0.3, 0.4) is 0 Å². The zero-order valence-electron chi connectivity index (χ0n) is 8.56. The van der Waals surface area contributed by atoms with Gasteiger partial charge in [-0.1, -0.05) is 27.5 Å². The maximum absolute atomic E-state index is 12.6. The molecule has 0 unspecified atom stereocenters. The Hall–Kier alpha value is -0.680. The van der Waals surface area contributed by atoms with E-state index in [1.165, 1.54) is 6.07 Å². The third kappa shape index (κ3) is 2.60. The summed E-state index contributed by atoms with van der Waals surface area (Å²) in [6, 6.07) is 3.71. The van der Waals surface area contributed by atoms with E-state index in [0.29, 0.717) is 22.5 Å². The molecule has 1 nitrogen and oxygen atoms in total. The molecule has 0 radical (unpaired) electrons. The summed E-state index contributed by atoms with van der Waals surface area (Å²) in [5.41, 5.74) is 1.19. The molecule has 1 aromatic rings. The Morgan fingerprint density at radius 3 is 2.65 bits per heavy atom. The van der Waals surface area contributed by atoms with Gasteiger partial charge in [-0.25, -0.2) is 0 Å². The average molecular weight is 327 g/mol. The molecule has 0 aromatic heterocycles. The normalized spacial score (nSPS) is 15.6. The Morgan fingerprint density at radius 2 is 2.06 bits per heavy atom. The van der Waals surface area contributed by atoms with Gasteiger partial charge in [0, 0.05) is 23.3 Å². The molecule has 1 aromatic carbocycles. The topological polar surface area (TPSA) is 3.24 Å². The Bertz CT molecular complexity index is 470. The Labute approximate surface area is 110 Å². The van der Waals surface area contributed by atoms with E-state index >= 15 is 0 Å². The highest BCUT2D eigenvalue weighted by Crippen LogP contribution is 2.36. The maximum atomic E-state index is 12.6. The Balaban J connectivity index is 2.45. The van der Waals surface area contributed by atoms with E-state index < -0.39 is 11.7 Å². The van der Waals surface area contributed by atoms with Crippen LogP contribution in [0, 0.1) is 0 Å². The lowest BCUT2D eigenvalue weighted by atomic mass is 10.0. The van der Waals surface area contributed by atoms with E-state index in [0.717, 1.165) is 17.8 Å². The number of benzene rings is 1. The van der Waals surface area contributed by atoms with Crippen LogP contribution in [-0.4, -0.2) is 5.45 Å². The molecule has 1 aliphatic heterocycles. The highest BCUT2D eigenvalue weighted by Gasteiger charge is 2.31. The standard InChI is InChI=1S/C11H8BrClF3N/c12-6-17-5-9(13)4-7-3-8(11(14,15)16)1-2-10(7)17/h1-3,5H,4,6H2. The quantitative estimate of drug-likeness (QED) is 0.542. The minimum atomic E-state index is -4.32. The van der Waals surface area contributed by atoms with Crippen molar-refractivity contribution in [1.29, 1.82) is 0 Å². The Morgan fingerprint density at radius 1 is 1.35 bits per heavy atom. The summed E-state index contributed by atoms with van der Waals surface area (Å²) in [6.45, 7) is 0. The monoisotopic (exact) mass is 325 g/mol. The van der Waals surface area contributed by atoms with Crippen LogP contribution in [0.4, 0.5) is 18.9 Å². The van der Waals surface area contributed by atoms with Crippen LogP contribution in [0.5, 0.6) is 0 Å². The van der Waals surface area contributed by atoms with Crippen LogP contribution in [-0.2, 0) is 12.6 Å². The van der Waals surface area contributed by atoms with Gasteiger partial charge in [-0.05, 0) is 23.8 Å². The summed E-state index contributed by atoms with van der Waals surface area (Å²) in [4.78, 5) is 1.77. The number of hydrogen-bond donors (Lipinski definition) is 0. The minimum Gasteiger partial charge on any atom is -0.336 e. The van der Waals surface area contributed by atoms with Gasteiger partial charge in [0.1, 0.15) is 0 Å². The summed E-state index contributed by atoms with van der Waals surface area (Å²) in [5, 5.41) is 0.524. The summed E-state index contributed by atoms with van der Waals surface area (Å²) in [5.74, 6) is 0. The number of hydrogen-bond acceptors (Lipinski definition) is 1. The summed E-state index contributed by atoms with van der Waals surface area (Å²) in [7, 11) is 0. The molecule has 0 aliphatic carbocycles. The predicted octanol–water partition coefficient (Wildman–Crippen LogP) is 4.50. The van der Waals surface area contributed by atoms with Gasteiger partial charge in [-0.3, -0.25) is 0 Å². The number of halogens is 5. The van der Waals surface area contributed by atoms with Gasteiger partial charge in [-0.2, -0.15) is 13.2 Å². The summed E-state index contributed by atoms with van der Waals surface area (Å²) < 4.78 is 37.7. The third-order valence-corrected chi connectivity index (χ3v) is 3.27. The largest absolute Gasteiger partial charge is 0.416 e. The molecule has 0 atom stereocenters. The summed E-state index contributed by atoms with van der Waals surface area (Å²) >= 11 is 9.17. The molecule has 1 aliphatic rings. The number of fused-ring (bicyclic) bond motifs is 1. The van der Waals surface area contributed by atoms with E-state index in [4.69, 9.17) is 11.6 Å². The molecule has 0 spiro atoms. The molecule has 0 bridgehead atoms. The first-order valence-corrected chi connectivity index (χ1v) is 6.30. The SMILES string of the molecule is FC(F)(F)c1ccc2c(c1)CC(Cl)=CN2CBr. The first kappa shape index (κ1) is 12.8. The second kappa shape index (κ2) is 4.53. The zero-order chi connectivity index (χ0) is 12.6. The third-order valence-electron chi connectivity index (χ3n) is 2.50. The van der Waals surface area contributed by atoms with Crippen LogP contribution in [0.1, 0.15) is 11.1 Å². The number of alkyl halides is 4. The molecule has 0 saturated carbocycles. The molecule has 2 rings (SSSR count). The molecule has 1 heterocycles. The van der Waals surface area contributed by atoms with Crippen molar-refractivity contribution in [3.8, 4) is 0 Å². The van der Waals surface area contributed by atoms with Crippen LogP contribution < -0.4 is 4.90 Å². The highest BCUT2D eigenvalue weighted by atomic mass is 79.9. The fourth-order valence-corrected chi connectivity index (χ4v) is 2.43. The van der Waals surface area contributed by atoms with Crippen LogP contribution in [0.15, 0.2) is 29.4 Å². The molecule has 6 heteroatoms. The van der Waals surface area contributed by atoms with Crippen molar-refractivity contribution in [3.05, 3.63) is 40.6 Å². The molecule has 0 saturated heterocycles. The smallest absolute Gasteiger partial charge is 0.336 e. The molecule has 17 heavy (non-hydrogen) atoms. The lowest BCUT2D eigenvalue weighted by Gasteiger charge is -2.26. The molecular weight excluding hydrogens is 318 g/mol. The van der Waals surface area contributed by atoms with Crippen LogP contribution in [0.25, 0.3) is 0 Å². The number of anilines is 1. The van der Waals surface area contributed by atoms with Crippen molar-refractivity contribution in [1.82, 2.24) is 0 Å². The molecule has 0 fully saturated rings. The van der Waals surface area contributed by atoms with Gasteiger partial charge >= 0.3 is 6.18 Å². The van der Waals surface area contributed by atoms with E-state index in [1.807, 2.05) is 0 Å². The van der Waals surface area contributed by atoms with Crippen molar-refractivity contribution in [3.63, 3.8) is 0 Å². The van der Waals surface area contributed by atoms with Gasteiger partial charge in [0.05, 0.1) is 11.0 Å². The summed E-state index contributed by atoms with van der Waals surface area (Å²) in [6.07, 6.45) is -2.27. The van der Waals surface area contributed by atoms with E-state index in [-0.39, 0.29) is 0 Å². The van der Waals surface area contributed by atoms with Crippen molar-refractivity contribution in [2.75, 3.05) is 10.4 Å². The highest BCUT2D eigenvalue weighted by molar-refractivity contribution is 9.09. The minimum absolute atomic E-state index is 0.338. The number of rotatable bonds is 1. The number of allylic oxidation sites excluding steroid dienone is 1. The van der Waals surface area contributed by atoms with Gasteiger partial charge in [0.2, 0.25) is 0 Å². The first-order chi connectivity index (χ1) is 7.91. The Kier molecular flexibility index (Phi) is 3.41. The van der Waals surface area contributed by atoms with E-state index in [2.05, 4.69) is 15.9 Å². The maximum Gasteiger partial charge on any atom is 0.416 e. The van der Waals surface area contributed by atoms with Crippen molar-refractivity contribution >= 4 is 33.2 Å². The van der Waals surface area contributed by atoms with Gasteiger partial charge in [-0.15, -0.1) is 0 Å². The lowest BCUT2D eigenvalue weighted by Crippen LogP contribution is -2.20. The zero-order valence-corrected chi connectivity index (χ0v) is 10.9. The second-order valence-electron chi connectivity index (χ2n) is 3.68. The van der Waals surface area contributed by atoms with Crippen molar-refractivity contribution < 1.29 is 13.2 Å². The van der Waals surface area contributed by atoms with Gasteiger partial charge in [0.25, 0.3) is 0 Å². The van der Waals surface area contributed by atoms with Gasteiger partial charge in [0.15, 0.2) is 0 Å². The average Bonchev–Trinajstić information content (AvgIpc) is 2.25. The molecular formula is C11H8BrClF3N. The molecule has 92 valence electrons. The van der Waals surface area contributed by atoms with Crippen molar-refractivity contribution in [2.45, 2.75) is 12.6 Å². The number of nitrogens with zero attached hydrogens (tertiary/aromatic N) is 1. The van der Waals surface area contributed by atoms with Crippen LogP contribution in [0.2, 0.25) is 0 Å². The lowest BCUT2D eigenvalue weighted by molar-refractivity contribution is -0.137. The molecule has 0 N–H and O–H groups in total. The van der Waals surface area contributed by atoms with Gasteiger partial charge < -0.3 is 4.90 Å².